The smallest absolute Gasteiger partial charge is 0.123 e. The van der Waals surface area contributed by atoms with Gasteiger partial charge < -0.3 is 5.11 Å². The van der Waals surface area contributed by atoms with Crippen LogP contribution in [0.1, 0.15) is 0 Å². The Morgan fingerprint density at radius 1 is 0.944 bits per heavy atom. The van der Waals surface area contributed by atoms with Gasteiger partial charge in [0, 0.05) is 22.2 Å². The highest BCUT2D eigenvalue weighted by Crippen LogP contribution is 2.35. The van der Waals surface area contributed by atoms with Gasteiger partial charge >= 0.3 is 0 Å². The zero-order chi connectivity index (χ0) is 12.5. The molecule has 0 aliphatic carbocycles. The summed E-state index contributed by atoms with van der Waals surface area (Å²) >= 11 is 5.99. The largest absolute Gasteiger partial charge is 0.507 e. The summed E-state index contributed by atoms with van der Waals surface area (Å²) in [6.07, 6.45) is 1.75. The van der Waals surface area contributed by atoms with E-state index in [-0.39, 0.29) is 5.75 Å². The molecule has 0 aliphatic heterocycles. The van der Waals surface area contributed by atoms with Gasteiger partial charge in [-0.15, -0.1) is 0 Å². The summed E-state index contributed by atoms with van der Waals surface area (Å²) in [6.45, 7) is 0. The Kier molecular flexibility index (Phi) is 2.65. The summed E-state index contributed by atoms with van der Waals surface area (Å²) in [6, 6.07) is 14.7. The van der Waals surface area contributed by atoms with Crippen LogP contribution in [0.15, 0.2) is 54.7 Å². The standard InChI is InChI=1S/C15H10ClNO/c16-10-6-7-15(18)13(9-10)11-3-1-5-14-12(11)4-2-8-17-14/h1-9,18H. The molecule has 0 spiro atoms. The first kappa shape index (κ1) is 11.1. The van der Waals surface area contributed by atoms with E-state index in [1.54, 1.807) is 24.4 Å². The van der Waals surface area contributed by atoms with Gasteiger partial charge in [-0.2, -0.15) is 0 Å². The van der Waals surface area contributed by atoms with E-state index in [0.29, 0.717) is 5.02 Å². The number of phenolic OH excluding ortho intramolecular Hbond substituents is 1. The second-order valence-corrected chi connectivity index (χ2v) is 4.47. The molecule has 18 heavy (non-hydrogen) atoms. The molecule has 0 bridgehead atoms. The van der Waals surface area contributed by atoms with Crippen molar-refractivity contribution in [2.45, 2.75) is 0 Å². The molecule has 0 saturated carbocycles. The first-order valence-corrected chi connectivity index (χ1v) is 5.96. The van der Waals surface area contributed by atoms with Gasteiger partial charge in [0.2, 0.25) is 0 Å². The lowest BCUT2D eigenvalue weighted by atomic mass is 10.00. The van der Waals surface area contributed by atoms with Crippen molar-refractivity contribution < 1.29 is 5.11 Å². The number of pyridine rings is 1. The van der Waals surface area contributed by atoms with Crippen molar-refractivity contribution in [2.24, 2.45) is 0 Å². The maximum absolute atomic E-state index is 9.97. The third-order valence-corrected chi connectivity index (χ3v) is 3.13. The SMILES string of the molecule is Oc1ccc(Cl)cc1-c1cccc2ncccc12. The van der Waals surface area contributed by atoms with Crippen LogP contribution < -0.4 is 0 Å². The maximum atomic E-state index is 9.97. The molecule has 0 unspecified atom stereocenters. The van der Waals surface area contributed by atoms with Crippen LogP contribution in [0.2, 0.25) is 5.02 Å². The minimum Gasteiger partial charge on any atom is -0.507 e. The minimum atomic E-state index is 0.218. The molecular weight excluding hydrogens is 246 g/mol. The number of halogens is 1. The lowest BCUT2D eigenvalue weighted by molar-refractivity contribution is 0.477. The second kappa shape index (κ2) is 4.31. The fourth-order valence-electron chi connectivity index (χ4n) is 2.06. The Hall–Kier alpha value is -2.06. The predicted octanol–water partition coefficient (Wildman–Crippen LogP) is 4.26. The highest BCUT2D eigenvalue weighted by atomic mass is 35.5. The first-order chi connectivity index (χ1) is 8.75. The van der Waals surface area contributed by atoms with Gasteiger partial charge in [0.05, 0.1) is 5.52 Å². The van der Waals surface area contributed by atoms with Gasteiger partial charge in [0.1, 0.15) is 5.75 Å². The average Bonchev–Trinajstić information content (AvgIpc) is 2.41. The Morgan fingerprint density at radius 3 is 2.72 bits per heavy atom. The van der Waals surface area contributed by atoms with Crippen molar-refractivity contribution in [3.63, 3.8) is 0 Å². The molecule has 1 N–H and O–H groups in total. The number of benzene rings is 2. The van der Waals surface area contributed by atoms with Crippen molar-refractivity contribution in [3.8, 4) is 16.9 Å². The molecule has 1 aromatic heterocycles. The van der Waals surface area contributed by atoms with Gasteiger partial charge in [-0.1, -0.05) is 29.8 Å². The third-order valence-electron chi connectivity index (χ3n) is 2.89. The molecule has 0 radical (unpaired) electrons. The van der Waals surface area contributed by atoms with E-state index in [0.717, 1.165) is 22.0 Å². The minimum absolute atomic E-state index is 0.218. The van der Waals surface area contributed by atoms with E-state index >= 15 is 0 Å². The van der Waals surface area contributed by atoms with Crippen LogP contribution in [0, 0.1) is 0 Å². The Balaban J connectivity index is 2.35. The zero-order valence-corrected chi connectivity index (χ0v) is 10.2. The quantitative estimate of drug-likeness (QED) is 0.705. The first-order valence-electron chi connectivity index (χ1n) is 5.58. The van der Waals surface area contributed by atoms with Gasteiger partial charge in [-0.25, -0.2) is 0 Å². The third kappa shape index (κ3) is 1.81. The molecule has 0 atom stereocenters. The number of phenols is 1. The molecule has 3 rings (SSSR count). The van der Waals surface area contributed by atoms with Crippen LogP contribution in [-0.4, -0.2) is 10.1 Å². The highest BCUT2D eigenvalue weighted by Gasteiger charge is 2.08. The van der Waals surface area contributed by atoms with E-state index in [1.165, 1.54) is 0 Å². The van der Waals surface area contributed by atoms with Gasteiger partial charge in [0.25, 0.3) is 0 Å². The lowest BCUT2D eigenvalue weighted by Crippen LogP contribution is -1.84. The van der Waals surface area contributed by atoms with Crippen LogP contribution in [0.4, 0.5) is 0 Å². The summed E-state index contributed by atoms with van der Waals surface area (Å²) in [5.74, 6) is 0.218. The number of hydrogen-bond acceptors (Lipinski definition) is 2. The summed E-state index contributed by atoms with van der Waals surface area (Å²) in [5.41, 5.74) is 2.55. The van der Waals surface area contributed by atoms with E-state index in [9.17, 15) is 5.11 Å². The topological polar surface area (TPSA) is 33.1 Å². The summed E-state index contributed by atoms with van der Waals surface area (Å²) in [5, 5.41) is 11.6. The fraction of sp³-hybridized carbons (Fsp3) is 0. The van der Waals surface area contributed by atoms with Crippen LogP contribution in [0.3, 0.4) is 0 Å². The molecule has 0 aliphatic rings. The molecule has 0 saturated heterocycles. The van der Waals surface area contributed by atoms with Crippen molar-refractivity contribution in [3.05, 3.63) is 59.8 Å². The molecule has 0 amide bonds. The van der Waals surface area contributed by atoms with E-state index in [2.05, 4.69) is 4.98 Å². The molecule has 2 nitrogen and oxygen atoms in total. The monoisotopic (exact) mass is 255 g/mol. The molecule has 1 heterocycles. The van der Waals surface area contributed by atoms with Gasteiger partial charge in [-0.3, -0.25) is 4.98 Å². The summed E-state index contributed by atoms with van der Waals surface area (Å²) < 4.78 is 0. The summed E-state index contributed by atoms with van der Waals surface area (Å²) in [4.78, 5) is 4.30. The van der Waals surface area contributed by atoms with Crippen LogP contribution in [-0.2, 0) is 0 Å². The maximum Gasteiger partial charge on any atom is 0.123 e. The Labute approximate surface area is 109 Å². The molecule has 2 aromatic carbocycles. The normalized spacial score (nSPS) is 10.7. The highest BCUT2D eigenvalue weighted by molar-refractivity contribution is 6.31. The fourth-order valence-corrected chi connectivity index (χ4v) is 2.23. The van der Waals surface area contributed by atoms with E-state index in [4.69, 9.17) is 11.6 Å². The Bertz CT molecular complexity index is 719. The average molecular weight is 256 g/mol. The number of aromatic hydroxyl groups is 1. The molecule has 0 fully saturated rings. The number of hydrogen-bond donors (Lipinski definition) is 1. The van der Waals surface area contributed by atoms with Gasteiger partial charge in [-0.05, 0) is 35.9 Å². The van der Waals surface area contributed by atoms with Crippen molar-refractivity contribution >= 4 is 22.5 Å². The van der Waals surface area contributed by atoms with Gasteiger partial charge in [0.15, 0.2) is 0 Å². The van der Waals surface area contributed by atoms with Crippen molar-refractivity contribution in [1.82, 2.24) is 4.98 Å². The number of rotatable bonds is 1. The number of nitrogens with zero attached hydrogens (tertiary/aromatic N) is 1. The van der Waals surface area contributed by atoms with E-state index < -0.39 is 0 Å². The predicted molar refractivity (Wildman–Crippen MR) is 73.9 cm³/mol. The van der Waals surface area contributed by atoms with Crippen LogP contribution in [0.5, 0.6) is 5.75 Å². The molecule has 3 aromatic rings. The number of aromatic nitrogens is 1. The van der Waals surface area contributed by atoms with Crippen molar-refractivity contribution in [1.29, 1.82) is 0 Å². The summed E-state index contributed by atoms with van der Waals surface area (Å²) in [7, 11) is 0. The molecular formula is C15H10ClNO. The second-order valence-electron chi connectivity index (χ2n) is 4.04. The van der Waals surface area contributed by atoms with Crippen LogP contribution in [0.25, 0.3) is 22.0 Å². The van der Waals surface area contributed by atoms with Crippen LogP contribution >= 0.6 is 11.6 Å². The molecule has 88 valence electrons. The van der Waals surface area contributed by atoms with Crippen molar-refractivity contribution in [2.75, 3.05) is 0 Å². The molecule has 3 heteroatoms. The lowest BCUT2D eigenvalue weighted by Gasteiger charge is -2.08. The zero-order valence-electron chi connectivity index (χ0n) is 9.47. The van der Waals surface area contributed by atoms with E-state index in [1.807, 2.05) is 30.3 Å². The Morgan fingerprint density at radius 2 is 1.83 bits per heavy atom. The number of fused-ring (bicyclic) bond motifs is 1.